The molecule has 0 atom stereocenters. The molecule has 76 valence electrons. The first-order valence-electron chi connectivity index (χ1n) is 2.69. The van der Waals surface area contributed by atoms with Crippen LogP contribution in [0.1, 0.15) is 5.56 Å². The summed E-state index contributed by atoms with van der Waals surface area (Å²) in [5.74, 6) is 0. The molecule has 1 aromatic rings. The molecule has 0 amide bonds. The predicted molar refractivity (Wildman–Crippen MR) is 45.4 cm³/mol. The van der Waals surface area contributed by atoms with Crippen LogP contribution in [0.2, 0.25) is 0 Å². The van der Waals surface area contributed by atoms with Crippen LogP contribution in [0.5, 0.6) is 0 Å². The summed E-state index contributed by atoms with van der Waals surface area (Å²) < 4.78 is 0. The fraction of sp³-hybridized carbons (Fsp3) is 0.143. The SMILES string of the molecule is O.O.OCc1ccccc1.[Cl][Cu]. The zero-order valence-electron chi connectivity index (χ0n) is 6.22. The van der Waals surface area contributed by atoms with Crippen molar-refractivity contribution >= 4 is 10.1 Å². The van der Waals surface area contributed by atoms with Crippen LogP contribution in [-0.2, 0) is 21.7 Å². The van der Waals surface area contributed by atoms with Gasteiger partial charge in [-0.15, -0.1) is 0 Å². The molecule has 0 radical (unpaired) electrons. The van der Waals surface area contributed by atoms with Crippen LogP contribution in [0.4, 0.5) is 0 Å². The maximum atomic E-state index is 8.54. The topological polar surface area (TPSA) is 83.2 Å². The van der Waals surface area contributed by atoms with E-state index in [1.54, 1.807) is 0 Å². The molecule has 3 nitrogen and oxygen atoms in total. The quantitative estimate of drug-likeness (QED) is 0.703. The van der Waals surface area contributed by atoms with Crippen LogP contribution in [0.3, 0.4) is 0 Å². The molecule has 5 heteroatoms. The van der Waals surface area contributed by atoms with Crippen LogP contribution in [0, 0.1) is 0 Å². The summed E-state index contributed by atoms with van der Waals surface area (Å²) in [6.45, 7) is 0.140. The Labute approximate surface area is 84.0 Å². The average molecular weight is 243 g/mol. The Morgan fingerprint density at radius 2 is 1.50 bits per heavy atom. The molecule has 0 aliphatic carbocycles. The van der Waals surface area contributed by atoms with Crippen molar-refractivity contribution in [2.45, 2.75) is 6.61 Å². The molecule has 0 saturated carbocycles. The molecule has 0 fully saturated rings. The Balaban J connectivity index is -0.000000189. The fourth-order valence-electron chi connectivity index (χ4n) is 0.583. The van der Waals surface area contributed by atoms with E-state index in [0.717, 1.165) is 5.56 Å². The van der Waals surface area contributed by atoms with Crippen molar-refractivity contribution < 1.29 is 31.2 Å². The monoisotopic (exact) mass is 242 g/mol. The summed E-state index contributed by atoms with van der Waals surface area (Å²) >= 11 is 3.66. The van der Waals surface area contributed by atoms with Gasteiger partial charge in [0, 0.05) is 0 Å². The number of aliphatic hydroxyl groups is 1. The van der Waals surface area contributed by atoms with E-state index in [0.29, 0.717) is 0 Å². The van der Waals surface area contributed by atoms with Crippen LogP contribution >= 0.6 is 10.1 Å². The number of aliphatic hydroxyl groups excluding tert-OH is 1. The summed E-state index contributed by atoms with van der Waals surface area (Å²) in [5, 5.41) is 8.54. The summed E-state index contributed by atoms with van der Waals surface area (Å²) in [6.07, 6.45) is 0. The molecule has 0 aliphatic heterocycles. The molecule has 0 heterocycles. The van der Waals surface area contributed by atoms with Gasteiger partial charge in [-0.05, 0) is 5.56 Å². The van der Waals surface area contributed by atoms with Gasteiger partial charge in [-0.1, -0.05) is 30.3 Å². The van der Waals surface area contributed by atoms with Crippen LogP contribution in [-0.4, -0.2) is 16.1 Å². The van der Waals surface area contributed by atoms with E-state index in [9.17, 15) is 0 Å². The predicted octanol–water partition coefficient (Wildman–Crippen LogP) is 0.217. The van der Waals surface area contributed by atoms with Gasteiger partial charge in [-0.2, -0.15) is 0 Å². The van der Waals surface area contributed by atoms with Crippen molar-refractivity contribution in [1.29, 1.82) is 0 Å². The van der Waals surface area contributed by atoms with Gasteiger partial charge >= 0.3 is 25.2 Å². The zero-order chi connectivity index (χ0) is 7.82. The van der Waals surface area contributed by atoms with Gasteiger partial charge in [0.15, 0.2) is 0 Å². The number of hydrogen-bond acceptors (Lipinski definition) is 1. The first kappa shape index (κ1) is 17.9. The number of benzene rings is 1. The van der Waals surface area contributed by atoms with Crippen molar-refractivity contribution in [3.8, 4) is 0 Å². The normalized spacial score (nSPS) is 6.67. The van der Waals surface area contributed by atoms with Gasteiger partial charge in [-0.25, -0.2) is 0 Å². The zero-order valence-corrected chi connectivity index (χ0v) is 7.92. The molecule has 5 N–H and O–H groups in total. The van der Waals surface area contributed by atoms with Crippen LogP contribution in [0.25, 0.3) is 0 Å². The minimum atomic E-state index is 0. The second-order valence-electron chi connectivity index (χ2n) is 1.64. The molecule has 0 aliphatic rings. The Morgan fingerprint density at radius 3 is 1.75 bits per heavy atom. The van der Waals surface area contributed by atoms with Crippen LogP contribution in [0.15, 0.2) is 30.3 Å². The standard InChI is InChI=1S/C7H8O.ClH.Cu.2H2O/c8-6-7-4-2-1-3-5-7;;;;/h1-5,8H,6H2;1H;;2*1H2/q;;+1;;/p-1. The van der Waals surface area contributed by atoms with E-state index in [2.05, 4.69) is 25.2 Å². The van der Waals surface area contributed by atoms with E-state index in [1.807, 2.05) is 30.3 Å². The third-order valence-corrected chi connectivity index (χ3v) is 1.03. The van der Waals surface area contributed by atoms with Crippen molar-refractivity contribution in [3.05, 3.63) is 35.9 Å². The summed E-state index contributed by atoms with van der Waals surface area (Å²) in [7, 11) is 4.20. The van der Waals surface area contributed by atoms with Crippen molar-refractivity contribution in [3.63, 3.8) is 0 Å². The third kappa shape index (κ3) is 8.01. The Morgan fingerprint density at radius 1 is 1.08 bits per heavy atom. The van der Waals surface area contributed by atoms with E-state index in [1.165, 1.54) is 0 Å². The molecule has 0 saturated heterocycles. The van der Waals surface area contributed by atoms with Gasteiger partial charge in [0.05, 0.1) is 6.61 Å². The van der Waals surface area contributed by atoms with E-state index in [-0.39, 0.29) is 17.6 Å². The number of halogens is 1. The molecule has 0 aromatic heterocycles. The summed E-state index contributed by atoms with van der Waals surface area (Å²) in [5.41, 5.74) is 0.965. The average Bonchev–Trinajstić information content (AvgIpc) is 2.10. The van der Waals surface area contributed by atoms with Crippen LogP contribution < -0.4 is 0 Å². The maximum absolute atomic E-state index is 8.54. The molecule has 1 aromatic carbocycles. The van der Waals surface area contributed by atoms with Gasteiger partial charge in [0.2, 0.25) is 0 Å². The molecule has 12 heavy (non-hydrogen) atoms. The van der Waals surface area contributed by atoms with E-state index < -0.39 is 0 Å². The minimum absolute atomic E-state index is 0. The Hall–Kier alpha value is -0.0905. The second-order valence-corrected chi connectivity index (χ2v) is 1.64. The summed E-state index contributed by atoms with van der Waals surface area (Å²) in [4.78, 5) is 0. The van der Waals surface area contributed by atoms with Gasteiger partial charge in [-0.3, -0.25) is 0 Å². The van der Waals surface area contributed by atoms with Gasteiger partial charge in [0.25, 0.3) is 0 Å². The fourth-order valence-corrected chi connectivity index (χ4v) is 0.583. The Bertz CT molecular complexity index is 160. The van der Waals surface area contributed by atoms with Crippen molar-refractivity contribution in [2.75, 3.05) is 0 Å². The van der Waals surface area contributed by atoms with Gasteiger partial charge < -0.3 is 16.1 Å². The second kappa shape index (κ2) is 13.5. The molecule has 0 bridgehead atoms. The van der Waals surface area contributed by atoms with Gasteiger partial charge in [0.1, 0.15) is 0 Å². The first-order chi connectivity index (χ1) is 4.93. The summed E-state index contributed by atoms with van der Waals surface area (Å²) in [6, 6.07) is 9.52. The Kier molecular flexibility index (Phi) is 20.1. The molecule has 0 unspecified atom stereocenters. The number of rotatable bonds is 1. The first-order valence-corrected chi connectivity index (χ1v) is 3.99. The van der Waals surface area contributed by atoms with E-state index >= 15 is 0 Å². The number of hydrogen-bond donors (Lipinski definition) is 1. The van der Waals surface area contributed by atoms with Crippen molar-refractivity contribution in [1.82, 2.24) is 0 Å². The van der Waals surface area contributed by atoms with E-state index in [4.69, 9.17) is 5.11 Å². The van der Waals surface area contributed by atoms with Crippen molar-refractivity contribution in [2.24, 2.45) is 0 Å². The molecule has 1 rings (SSSR count). The third-order valence-electron chi connectivity index (χ3n) is 1.03. The molecular formula is C7H12ClCuO3. The molecular weight excluding hydrogens is 231 g/mol. The molecule has 0 spiro atoms.